The SMILES string of the molecule is C[Si]1(C)OCCCO[Si](C)(C)O[Si](C)(C)OCCCO[Si](C)(C)O[Si](C)(C)OCCCO[Si](C)(C)O[Si](C)(C)OCCCO[Si](C)(C)O[Si](C)(C)OCCCO[Si](C)(C)O[Si](C)(C)OCCCO[Si](C)(C)O[Si](C)(C)OCCCO[Si](C)(C)O[Si](C)(C)OCCCO[Si](C)(C)O[Si](C)(C)OCCCO[Si](C)(C)O1. The third-order valence-electron chi connectivity index (χ3n) is 15.1. The van der Waals surface area contributed by atoms with Gasteiger partial charge in [-0.25, -0.2) is 0 Å². The van der Waals surface area contributed by atoms with Gasteiger partial charge in [-0.3, -0.25) is 0 Å². The van der Waals surface area contributed by atoms with E-state index < -0.39 is 154 Å². The molecule has 648 valence electrons. The molecule has 0 atom stereocenters. The zero-order valence-electron chi connectivity index (χ0n) is 75.1. The van der Waals surface area contributed by atoms with Crippen LogP contribution in [0.1, 0.15) is 57.8 Å². The minimum absolute atomic E-state index is 0.518. The van der Waals surface area contributed by atoms with E-state index >= 15 is 0 Å². The fourth-order valence-electron chi connectivity index (χ4n) is 12.1. The normalized spacial score (nSPS) is 29.0. The van der Waals surface area contributed by atoms with E-state index in [0.717, 1.165) is 0 Å². The molecule has 27 nitrogen and oxygen atoms in total. The molecule has 0 saturated carbocycles. The molecule has 1 fully saturated rings. The number of hydrogen-bond donors (Lipinski definition) is 0. The van der Waals surface area contributed by atoms with E-state index in [1.807, 2.05) is 0 Å². The molecule has 0 aromatic carbocycles. The summed E-state index contributed by atoms with van der Waals surface area (Å²) in [6.45, 7) is 83.9. The second-order valence-electron chi connectivity index (χ2n) is 35.6. The van der Waals surface area contributed by atoms with Crippen molar-refractivity contribution < 1.29 is 117 Å². The van der Waals surface area contributed by atoms with Crippen LogP contribution in [0.2, 0.25) is 236 Å². The first-order chi connectivity index (χ1) is 48.7. The van der Waals surface area contributed by atoms with Crippen molar-refractivity contribution in [3.8, 4) is 0 Å². The fraction of sp³-hybridized carbons (Fsp3) is 1.00. The predicted molar refractivity (Wildman–Crippen MR) is 473 cm³/mol. The molecule has 1 saturated heterocycles. The second kappa shape index (κ2) is 47.9. The first-order valence-electron chi connectivity index (χ1n) is 39.5. The van der Waals surface area contributed by atoms with Gasteiger partial charge in [0.05, 0.1) is 0 Å². The van der Waals surface area contributed by atoms with Crippen molar-refractivity contribution in [3.63, 3.8) is 0 Å². The van der Waals surface area contributed by atoms with Gasteiger partial charge < -0.3 is 117 Å². The molecule has 0 spiro atoms. The summed E-state index contributed by atoms with van der Waals surface area (Å²) in [5.74, 6) is 0. The molecule has 1 aliphatic heterocycles. The van der Waals surface area contributed by atoms with Crippen LogP contribution in [0.4, 0.5) is 0 Å². The highest BCUT2D eigenvalue weighted by molar-refractivity contribution is 6.83. The van der Waals surface area contributed by atoms with E-state index in [1.54, 1.807) is 0 Å². The molecule has 0 aromatic heterocycles. The summed E-state index contributed by atoms with van der Waals surface area (Å²) in [6, 6.07) is 0. The Morgan fingerprint density at radius 2 is 0.139 bits per heavy atom. The highest BCUT2D eigenvalue weighted by Crippen LogP contribution is 2.27. The topological polar surface area (TPSA) is 249 Å². The Bertz CT molecular complexity index is 1800. The van der Waals surface area contributed by atoms with Gasteiger partial charge in [0, 0.05) is 119 Å². The molecular formula is C63H162O27Si18. The molecule has 0 aromatic rings. The molecule has 1 heterocycles. The van der Waals surface area contributed by atoms with E-state index in [2.05, 4.69) is 236 Å². The first kappa shape index (κ1) is 109. The van der Waals surface area contributed by atoms with Crippen LogP contribution in [0.15, 0.2) is 0 Å². The van der Waals surface area contributed by atoms with E-state index in [0.29, 0.717) is 177 Å². The summed E-state index contributed by atoms with van der Waals surface area (Å²) in [5, 5.41) is 0. The Kier molecular flexibility index (Phi) is 48.2. The first-order valence-corrected chi connectivity index (χ1v) is 90.2. The molecule has 0 N–H and O–H groups in total. The highest BCUT2D eigenvalue weighted by Gasteiger charge is 2.45. The lowest BCUT2D eigenvalue weighted by Crippen LogP contribution is -2.50. The minimum atomic E-state index is -2.50. The molecule has 108 heavy (non-hydrogen) atoms. The van der Waals surface area contributed by atoms with Crippen molar-refractivity contribution in [2.24, 2.45) is 0 Å². The third-order valence-corrected chi connectivity index (χ3v) is 66.7. The number of hydrogen-bond acceptors (Lipinski definition) is 27. The number of rotatable bonds is 0. The lowest BCUT2D eigenvalue weighted by molar-refractivity contribution is 0.152. The van der Waals surface area contributed by atoms with Gasteiger partial charge in [0.1, 0.15) is 0 Å². The Balaban J connectivity index is 2.92. The summed E-state index contributed by atoms with van der Waals surface area (Å²) >= 11 is 0. The summed E-state index contributed by atoms with van der Waals surface area (Å²) in [4.78, 5) is 0. The summed E-state index contributed by atoms with van der Waals surface area (Å²) in [7, 11) is -45.1. The molecule has 0 bridgehead atoms. The lowest BCUT2D eigenvalue weighted by Gasteiger charge is -2.34. The van der Waals surface area contributed by atoms with Crippen molar-refractivity contribution in [2.45, 2.75) is 293 Å². The fourth-order valence-corrected chi connectivity index (χ4v) is 70.4. The summed E-state index contributed by atoms with van der Waals surface area (Å²) in [5.41, 5.74) is 0. The van der Waals surface area contributed by atoms with Gasteiger partial charge in [-0.2, -0.15) is 0 Å². The third kappa shape index (κ3) is 58.7. The van der Waals surface area contributed by atoms with Gasteiger partial charge in [-0.05, 0) is 293 Å². The van der Waals surface area contributed by atoms with Crippen LogP contribution in [-0.2, 0) is 117 Å². The maximum absolute atomic E-state index is 6.61. The van der Waals surface area contributed by atoms with Crippen LogP contribution in [0, 0.1) is 0 Å². The van der Waals surface area contributed by atoms with Gasteiger partial charge in [0.2, 0.25) is 0 Å². The molecule has 0 aliphatic carbocycles. The van der Waals surface area contributed by atoms with E-state index in [4.69, 9.17) is 117 Å². The van der Waals surface area contributed by atoms with Crippen molar-refractivity contribution in [3.05, 3.63) is 0 Å². The Hall–Kier alpha value is 2.82. The van der Waals surface area contributed by atoms with Gasteiger partial charge in [0.25, 0.3) is 0 Å². The second-order valence-corrected chi connectivity index (χ2v) is 98.5. The average molecular weight is 1860 g/mol. The van der Waals surface area contributed by atoms with Gasteiger partial charge >= 0.3 is 154 Å². The van der Waals surface area contributed by atoms with Gasteiger partial charge in [-0.15, -0.1) is 0 Å². The maximum atomic E-state index is 6.61. The standard InChI is InChI=1S/C63H162O27Si18/c1-91(2)64-46-37-47-66-93(5,6)83-95(9,10)68-50-39-51-70-97(13,14)85-99(17,18)72-54-41-55-74-101(21,22)87-103(25,26)76-58-43-59-78-105(29,30)89-107(33,34)80-62-45-63-81-108(35,36)90-106(31,32)79-61-44-60-77-104(27,28)88-102(23,24)75-57-42-56-73-100(19,20)86-98(15,16)71-53-40-52-69-96(11,12)84-94(7,8)67-49-38-48-65-92(3,4)82-91/h37-63H2,1-36H3. The van der Waals surface area contributed by atoms with Crippen LogP contribution in [0.5, 0.6) is 0 Å². The Morgan fingerprint density at radius 3 is 0.185 bits per heavy atom. The predicted octanol–water partition coefficient (Wildman–Crippen LogP) is 16.6. The molecule has 1 rings (SSSR count). The zero-order valence-corrected chi connectivity index (χ0v) is 93.1. The van der Waals surface area contributed by atoms with Crippen molar-refractivity contribution >= 4 is 154 Å². The zero-order chi connectivity index (χ0) is 83.2. The molecular weight excluding hydrogens is 1690 g/mol. The quantitative estimate of drug-likeness (QED) is 0.204. The monoisotopic (exact) mass is 1850 g/mol. The maximum Gasteiger partial charge on any atom is 0.322 e. The largest absolute Gasteiger partial charge is 0.415 e. The van der Waals surface area contributed by atoms with Gasteiger partial charge in [-0.1, -0.05) is 0 Å². The van der Waals surface area contributed by atoms with Crippen LogP contribution in [-0.4, -0.2) is 273 Å². The lowest BCUT2D eigenvalue weighted by atomic mass is 10.5. The van der Waals surface area contributed by atoms with Crippen LogP contribution >= 0.6 is 0 Å². The molecule has 45 heteroatoms. The van der Waals surface area contributed by atoms with E-state index in [1.165, 1.54) is 0 Å². The Morgan fingerprint density at radius 1 is 0.0926 bits per heavy atom. The van der Waals surface area contributed by atoms with Crippen LogP contribution < -0.4 is 0 Å². The highest BCUT2D eigenvalue weighted by atomic mass is 28.5. The smallest absolute Gasteiger partial charge is 0.322 e. The van der Waals surface area contributed by atoms with Crippen molar-refractivity contribution in [2.75, 3.05) is 119 Å². The summed E-state index contributed by atoms with van der Waals surface area (Å²) < 4.78 is 174. The van der Waals surface area contributed by atoms with Crippen molar-refractivity contribution in [1.29, 1.82) is 0 Å². The van der Waals surface area contributed by atoms with E-state index in [-0.39, 0.29) is 0 Å². The molecule has 0 radical (unpaired) electrons. The molecule has 0 unspecified atom stereocenters. The molecule has 1 aliphatic rings. The van der Waals surface area contributed by atoms with Crippen molar-refractivity contribution in [1.82, 2.24) is 0 Å². The van der Waals surface area contributed by atoms with Gasteiger partial charge in [0.15, 0.2) is 0 Å². The van der Waals surface area contributed by atoms with E-state index in [9.17, 15) is 0 Å². The molecule has 0 amide bonds. The van der Waals surface area contributed by atoms with Crippen LogP contribution in [0.25, 0.3) is 0 Å². The summed E-state index contributed by atoms with van der Waals surface area (Å²) in [6.07, 6.45) is 6.43. The van der Waals surface area contributed by atoms with Crippen LogP contribution in [0.3, 0.4) is 0 Å². The average Bonchev–Trinajstić information content (AvgIpc) is 0.893. The Labute approximate surface area is 678 Å². The minimum Gasteiger partial charge on any atom is -0.415 e.